The second-order valence-electron chi connectivity index (χ2n) is 1.60. The molecule has 0 saturated carbocycles. The first-order valence-electron chi connectivity index (χ1n) is 1.93. The van der Waals surface area contributed by atoms with E-state index in [2.05, 4.69) is 22.9 Å². The van der Waals surface area contributed by atoms with Gasteiger partial charge in [-0.05, 0) is 0 Å². The molecule has 0 N–H and O–H groups in total. The van der Waals surface area contributed by atoms with Crippen molar-refractivity contribution >= 4 is 8.80 Å². The molecule has 0 amide bonds. The predicted octanol–water partition coefficient (Wildman–Crippen LogP) is 0.568. The molecular weight excluding hydrogens is 96.1 g/mol. The van der Waals surface area contributed by atoms with Crippen molar-refractivity contribution in [2.45, 2.75) is 19.0 Å². The Labute approximate surface area is 38.6 Å². The van der Waals surface area contributed by atoms with Crippen LogP contribution in [-0.2, 0) is 9.78 Å². The van der Waals surface area contributed by atoms with Crippen LogP contribution in [0.1, 0.15) is 0 Å². The zero-order valence-corrected chi connectivity index (χ0v) is 4.89. The normalized spacial score (nSPS) is 22.5. The summed E-state index contributed by atoms with van der Waals surface area (Å²) < 4.78 is 0. The number of hydrogen-bond donors (Lipinski definition) is 0. The van der Waals surface area contributed by atoms with E-state index >= 15 is 0 Å². The highest BCUT2D eigenvalue weighted by Gasteiger charge is 2.30. The molecular formula is C3H7O2Si. The van der Waals surface area contributed by atoms with Crippen LogP contribution < -0.4 is 0 Å². The van der Waals surface area contributed by atoms with E-state index in [0.717, 1.165) is 0 Å². The van der Waals surface area contributed by atoms with E-state index in [-0.39, 0.29) is 14.7 Å². The molecule has 1 heterocycles. The van der Waals surface area contributed by atoms with Gasteiger partial charge in [0, 0.05) is 0 Å². The highest BCUT2D eigenvalue weighted by molar-refractivity contribution is 6.57. The molecule has 0 aromatic carbocycles. The molecule has 35 valence electrons. The van der Waals surface area contributed by atoms with Gasteiger partial charge in [-0.25, -0.2) is 9.78 Å². The Morgan fingerprint density at radius 1 is 1.33 bits per heavy atom. The van der Waals surface area contributed by atoms with Crippen LogP contribution in [0.25, 0.3) is 0 Å². The second-order valence-corrected chi connectivity index (χ2v) is 4.23. The molecule has 0 aliphatic carbocycles. The van der Waals surface area contributed by atoms with Gasteiger partial charge in [-0.2, -0.15) is 0 Å². The van der Waals surface area contributed by atoms with E-state index < -0.39 is 0 Å². The van der Waals surface area contributed by atoms with Gasteiger partial charge in [0.15, 0.2) is 0 Å². The second kappa shape index (κ2) is 1.33. The molecule has 0 aromatic rings. The standard InChI is InChI=1S/C3H7O2Si/c1-6(2)3-4-5-3/h3H,1-2H3. The van der Waals surface area contributed by atoms with E-state index in [4.69, 9.17) is 0 Å². The fraction of sp³-hybridized carbons (Fsp3) is 1.00. The Morgan fingerprint density at radius 2 is 1.83 bits per heavy atom. The van der Waals surface area contributed by atoms with Crippen molar-refractivity contribution in [1.29, 1.82) is 0 Å². The van der Waals surface area contributed by atoms with Gasteiger partial charge in [0.25, 0.3) is 0 Å². The molecule has 1 aliphatic rings. The van der Waals surface area contributed by atoms with Crippen LogP contribution in [0.2, 0.25) is 13.1 Å². The quantitative estimate of drug-likeness (QED) is 0.275. The molecule has 0 spiro atoms. The Balaban J connectivity index is 2.13. The summed E-state index contributed by atoms with van der Waals surface area (Å²) in [7, 11) is -0.285. The lowest BCUT2D eigenvalue weighted by molar-refractivity contribution is 0.0850. The van der Waals surface area contributed by atoms with Crippen molar-refractivity contribution in [2.24, 2.45) is 0 Å². The van der Waals surface area contributed by atoms with Crippen molar-refractivity contribution in [2.75, 3.05) is 0 Å². The van der Waals surface area contributed by atoms with E-state index in [0.29, 0.717) is 0 Å². The Bertz CT molecular complexity index is 50.8. The molecule has 1 fully saturated rings. The molecule has 0 bridgehead atoms. The van der Waals surface area contributed by atoms with Crippen LogP contribution in [0, 0.1) is 0 Å². The summed E-state index contributed by atoms with van der Waals surface area (Å²) in [6.45, 7) is 4.31. The third-order valence-electron chi connectivity index (χ3n) is 0.664. The molecule has 0 unspecified atom stereocenters. The summed E-state index contributed by atoms with van der Waals surface area (Å²) in [5, 5.41) is 0. The summed E-state index contributed by atoms with van der Waals surface area (Å²) in [6.07, 6.45) is 0. The molecule has 0 aromatic heterocycles. The van der Waals surface area contributed by atoms with Gasteiger partial charge < -0.3 is 0 Å². The van der Waals surface area contributed by atoms with Gasteiger partial charge in [0.1, 0.15) is 8.80 Å². The smallest absolute Gasteiger partial charge is 0.204 e. The topological polar surface area (TPSA) is 25.1 Å². The van der Waals surface area contributed by atoms with Crippen LogP contribution in [0.3, 0.4) is 0 Å². The molecule has 0 atom stereocenters. The van der Waals surface area contributed by atoms with E-state index in [1.807, 2.05) is 0 Å². The van der Waals surface area contributed by atoms with Gasteiger partial charge in [-0.15, -0.1) is 0 Å². The van der Waals surface area contributed by atoms with Crippen LogP contribution >= 0.6 is 0 Å². The Hall–Kier alpha value is 0.137. The fourth-order valence-corrected chi connectivity index (χ4v) is 0.661. The molecule has 6 heavy (non-hydrogen) atoms. The molecule has 3 heteroatoms. The first kappa shape index (κ1) is 4.30. The molecule has 2 nitrogen and oxygen atoms in total. The first-order chi connectivity index (χ1) is 2.80. The minimum absolute atomic E-state index is 0.204. The summed E-state index contributed by atoms with van der Waals surface area (Å²) in [5.41, 5.74) is 0. The Morgan fingerprint density at radius 3 is 1.83 bits per heavy atom. The van der Waals surface area contributed by atoms with E-state index in [1.165, 1.54) is 0 Å². The summed E-state index contributed by atoms with van der Waals surface area (Å²) in [6, 6.07) is 0. The first-order valence-corrected chi connectivity index (χ1v) is 4.50. The van der Waals surface area contributed by atoms with Crippen LogP contribution in [0.5, 0.6) is 0 Å². The molecule has 1 rings (SSSR count). The SMILES string of the molecule is C[Si](C)C1OO1. The van der Waals surface area contributed by atoms with Crippen LogP contribution in [-0.4, -0.2) is 14.7 Å². The minimum atomic E-state index is -0.285. The van der Waals surface area contributed by atoms with Crippen molar-refractivity contribution < 1.29 is 9.78 Å². The van der Waals surface area contributed by atoms with Gasteiger partial charge in [-0.1, -0.05) is 13.1 Å². The summed E-state index contributed by atoms with van der Waals surface area (Å²) >= 11 is 0. The monoisotopic (exact) mass is 103 g/mol. The molecule has 1 saturated heterocycles. The van der Waals surface area contributed by atoms with Crippen molar-refractivity contribution in [3.63, 3.8) is 0 Å². The fourth-order valence-electron chi connectivity index (χ4n) is 0.220. The number of rotatable bonds is 1. The highest BCUT2D eigenvalue weighted by Crippen LogP contribution is 2.14. The highest BCUT2D eigenvalue weighted by atomic mass is 28.3. The van der Waals surface area contributed by atoms with E-state index in [9.17, 15) is 0 Å². The maximum Gasteiger partial charge on any atom is 0.205 e. The van der Waals surface area contributed by atoms with Crippen molar-refractivity contribution in [3.8, 4) is 0 Å². The third-order valence-corrected chi connectivity index (χ3v) is 1.80. The largest absolute Gasteiger partial charge is 0.205 e. The maximum atomic E-state index is 4.52. The average molecular weight is 103 g/mol. The van der Waals surface area contributed by atoms with Crippen molar-refractivity contribution in [3.05, 3.63) is 0 Å². The lowest BCUT2D eigenvalue weighted by atomic mass is 11.6. The maximum absolute atomic E-state index is 4.52. The zero-order chi connectivity index (χ0) is 4.57. The molecule has 1 radical (unpaired) electrons. The van der Waals surface area contributed by atoms with Gasteiger partial charge in [0.05, 0.1) is 0 Å². The van der Waals surface area contributed by atoms with E-state index in [1.54, 1.807) is 0 Å². The zero-order valence-electron chi connectivity index (χ0n) is 3.89. The number of hydrogen-bond acceptors (Lipinski definition) is 2. The lowest BCUT2D eigenvalue weighted by Crippen LogP contribution is -2.08. The summed E-state index contributed by atoms with van der Waals surface area (Å²) in [5.74, 6) is 0.204. The van der Waals surface area contributed by atoms with Gasteiger partial charge >= 0.3 is 0 Å². The van der Waals surface area contributed by atoms with Gasteiger partial charge in [0.2, 0.25) is 5.91 Å². The lowest BCUT2D eigenvalue weighted by Gasteiger charge is -1.82. The predicted molar refractivity (Wildman–Crippen MR) is 23.4 cm³/mol. The summed E-state index contributed by atoms with van der Waals surface area (Å²) in [4.78, 5) is 9.03. The van der Waals surface area contributed by atoms with Crippen LogP contribution in [0.4, 0.5) is 0 Å². The third kappa shape index (κ3) is 0.799. The van der Waals surface area contributed by atoms with Crippen molar-refractivity contribution in [1.82, 2.24) is 0 Å². The Kier molecular flexibility index (Phi) is 0.952. The van der Waals surface area contributed by atoms with Crippen LogP contribution in [0.15, 0.2) is 0 Å². The average Bonchev–Trinajstić information content (AvgIpc) is 2.06. The minimum Gasteiger partial charge on any atom is -0.204 e. The van der Waals surface area contributed by atoms with Gasteiger partial charge in [-0.3, -0.25) is 0 Å². The molecule has 1 aliphatic heterocycles.